The third-order valence-corrected chi connectivity index (χ3v) is 4.89. The number of ether oxygens (including phenoxy) is 1. The highest BCUT2D eigenvalue weighted by atomic mass is 16.5. The van der Waals surface area contributed by atoms with Gasteiger partial charge in [-0.15, -0.1) is 0 Å². The summed E-state index contributed by atoms with van der Waals surface area (Å²) >= 11 is 0. The number of benzene rings is 2. The Labute approximate surface area is 153 Å². The van der Waals surface area contributed by atoms with Gasteiger partial charge in [0, 0.05) is 23.3 Å². The minimum absolute atomic E-state index is 0.914. The second-order valence-electron chi connectivity index (χ2n) is 6.79. The smallest absolute Gasteiger partial charge is 0.137 e. The maximum atomic E-state index is 5.53. The van der Waals surface area contributed by atoms with Crippen LogP contribution in [0, 0.1) is 20.8 Å². The molecule has 0 spiro atoms. The Kier molecular flexibility index (Phi) is 4.00. The minimum atomic E-state index is 0.914. The van der Waals surface area contributed by atoms with E-state index in [1.165, 1.54) is 27.8 Å². The van der Waals surface area contributed by atoms with Gasteiger partial charge in [-0.25, -0.2) is 4.98 Å². The van der Waals surface area contributed by atoms with Crippen LogP contribution in [0.4, 0.5) is 0 Å². The zero-order chi connectivity index (χ0) is 18.3. The summed E-state index contributed by atoms with van der Waals surface area (Å²) in [4.78, 5) is 7.73. The van der Waals surface area contributed by atoms with Gasteiger partial charge in [0.2, 0.25) is 0 Å². The highest BCUT2D eigenvalue weighted by molar-refractivity contribution is 5.98. The first-order valence-electron chi connectivity index (χ1n) is 8.77. The van der Waals surface area contributed by atoms with Gasteiger partial charge in [-0.1, -0.05) is 23.8 Å². The number of fused-ring (bicyclic) bond motifs is 1. The van der Waals surface area contributed by atoms with Crippen LogP contribution in [0.3, 0.4) is 0 Å². The van der Waals surface area contributed by atoms with E-state index in [0.717, 1.165) is 27.9 Å². The van der Waals surface area contributed by atoms with Gasteiger partial charge in [0.15, 0.2) is 0 Å². The Morgan fingerprint density at radius 2 is 1.65 bits per heavy atom. The van der Waals surface area contributed by atoms with Crippen molar-refractivity contribution in [3.05, 3.63) is 71.5 Å². The lowest BCUT2D eigenvalue weighted by Crippen LogP contribution is -1.93. The third-order valence-electron chi connectivity index (χ3n) is 4.89. The van der Waals surface area contributed by atoms with Crippen LogP contribution >= 0.6 is 0 Å². The summed E-state index contributed by atoms with van der Waals surface area (Å²) in [5, 5.41) is 1.14. The molecular weight excluding hydrogens is 320 g/mol. The number of aryl methyl sites for hydroxylation is 3. The molecule has 26 heavy (non-hydrogen) atoms. The van der Waals surface area contributed by atoms with Crippen molar-refractivity contribution in [2.24, 2.45) is 0 Å². The number of rotatable bonds is 3. The van der Waals surface area contributed by atoms with Crippen molar-refractivity contribution in [1.29, 1.82) is 0 Å². The summed E-state index contributed by atoms with van der Waals surface area (Å²) in [5.74, 6) is 0.957. The summed E-state index contributed by atoms with van der Waals surface area (Å²) in [6.07, 6.45) is 3.87. The average Bonchev–Trinajstić information content (AvgIpc) is 3.05. The Morgan fingerprint density at radius 1 is 0.885 bits per heavy atom. The molecule has 0 saturated heterocycles. The lowest BCUT2D eigenvalue weighted by molar-refractivity contribution is 0.408. The van der Waals surface area contributed by atoms with Gasteiger partial charge in [-0.3, -0.25) is 0 Å². The second kappa shape index (κ2) is 6.34. The van der Waals surface area contributed by atoms with Gasteiger partial charge in [-0.05, 0) is 72.9 Å². The van der Waals surface area contributed by atoms with Crippen molar-refractivity contribution < 1.29 is 4.74 Å². The number of hydrogen-bond acceptors (Lipinski definition) is 2. The summed E-state index contributed by atoms with van der Waals surface area (Å²) in [7, 11) is 1.73. The zero-order valence-electron chi connectivity index (χ0n) is 15.6. The van der Waals surface area contributed by atoms with E-state index in [9.17, 15) is 0 Å². The average molecular weight is 342 g/mol. The van der Waals surface area contributed by atoms with Gasteiger partial charge >= 0.3 is 0 Å². The molecule has 130 valence electrons. The van der Waals surface area contributed by atoms with E-state index >= 15 is 0 Å². The molecule has 0 aliphatic rings. The Bertz CT molecular complexity index is 1090. The topological polar surface area (TPSA) is 37.9 Å². The maximum absolute atomic E-state index is 5.53. The summed E-state index contributed by atoms with van der Waals surface area (Å²) < 4.78 is 5.53. The number of aromatic nitrogens is 2. The van der Waals surface area contributed by atoms with Crippen LogP contribution in [0.1, 0.15) is 16.7 Å². The molecule has 2 heterocycles. The van der Waals surface area contributed by atoms with Crippen LogP contribution in [0.15, 0.2) is 54.9 Å². The van der Waals surface area contributed by atoms with E-state index in [-0.39, 0.29) is 0 Å². The van der Waals surface area contributed by atoms with E-state index in [1.54, 1.807) is 7.11 Å². The molecule has 0 radical (unpaired) electrons. The molecule has 0 unspecified atom stereocenters. The largest absolute Gasteiger partial charge is 0.496 e. The number of hydrogen-bond donors (Lipinski definition) is 1. The van der Waals surface area contributed by atoms with E-state index in [2.05, 4.69) is 73.3 Å². The molecule has 0 aliphatic heterocycles. The quantitative estimate of drug-likeness (QED) is 0.508. The van der Waals surface area contributed by atoms with Crippen molar-refractivity contribution in [1.82, 2.24) is 9.97 Å². The van der Waals surface area contributed by atoms with Gasteiger partial charge < -0.3 is 9.72 Å². The molecule has 2 aromatic carbocycles. The standard InChI is InChI=1S/C23H22N2O/c1-14-7-8-18(17-11-15(2)22(26-4)16(3)12-17)20(10-14)21-13-25-23-19(21)6-5-9-24-23/h5-13H,1-4H3,(H,24,25). The third kappa shape index (κ3) is 2.66. The Balaban J connectivity index is 1.97. The van der Waals surface area contributed by atoms with E-state index in [1.807, 2.05) is 12.3 Å². The lowest BCUT2D eigenvalue weighted by atomic mass is 9.91. The van der Waals surface area contributed by atoms with E-state index < -0.39 is 0 Å². The molecule has 0 amide bonds. The van der Waals surface area contributed by atoms with Crippen LogP contribution in [0.5, 0.6) is 5.75 Å². The highest BCUT2D eigenvalue weighted by Crippen LogP contribution is 2.38. The van der Waals surface area contributed by atoms with Crippen molar-refractivity contribution in [2.75, 3.05) is 7.11 Å². The highest BCUT2D eigenvalue weighted by Gasteiger charge is 2.14. The van der Waals surface area contributed by atoms with Gasteiger partial charge in [0.25, 0.3) is 0 Å². The van der Waals surface area contributed by atoms with Crippen LogP contribution < -0.4 is 4.74 Å². The first kappa shape index (κ1) is 16.4. The molecule has 2 aromatic heterocycles. The molecule has 3 heteroatoms. The molecule has 4 rings (SSSR count). The van der Waals surface area contributed by atoms with Gasteiger partial charge in [0.1, 0.15) is 11.4 Å². The van der Waals surface area contributed by atoms with Crippen LogP contribution in [-0.4, -0.2) is 17.1 Å². The molecule has 0 fully saturated rings. The van der Waals surface area contributed by atoms with Crippen LogP contribution in [0.25, 0.3) is 33.3 Å². The second-order valence-corrected chi connectivity index (χ2v) is 6.79. The van der Waals surface area contributed by atoms with Crippen molar-refractivity contribution in [3.8, 4) is 28.0 Å². The zero-order valence-corrected chi connectivity index (χ0v) is 15.6. The fourth-order valence-electron chi connectivity index (χ4n) is 3.74. The fourth-order valence-corrected chi connectivity index (χ4v) is 3.74. The number of pyridine rings is 1. The summed E-state index contributed by atoms with van der Waals surface area (Å²) in [5.41, 5.74) is 9.26. The fraction of sp³-hybridized carbons (Fsp3) is 0.174. The normalized spacial score (nSPS) is 11.1. The number of H-pyrrole nitrogens is 1. The summed E-state index contributed by atoms with van der Waals surface area (Å²) in [6.45, 7) is 6.32. The molecule has 0 atom stereocenters. The lowest BCUT2D eigenvalue weighted by Gasteiger charge is -2.15. The van der Waals surface area contributed by atoms with Crippen molar-refractivity contribution in [2.45, 2.75) is 20.8 Å². The first-order valence-corrected chi connectivity index (χ1v) is 8.77. The first-order chi connectivity index (χ1) is 12.6. The number of nitrogens with zero attached hydrogens (tertiary/aromatic N) is 1. The summed E-state index contributed by atoms with van der Waals surface area (Å²) in [6, 6.07) is 15.1. The molecule has 4 aromatic rings. The SMILES string of the molecule is COc1c(C)cc(-c2ccc(C)cc2-c2c[nH]c3ncccc23)cc1C. The van der Waals surface area contributed by atoms with Gasteiger partial charge in [-0.2, -0.15) is 0 Å². The van der Waals surface area contributed by atoms with Crippen LogP contribution in [0.2, 0.25) is 0 Å². The maximum Gasteiger partial charge on any atom is 0.137 e. The van der Waals surface area contributed by atoms with Crippen molar-refractivity contribution in [3.63, 3.8) is 0 Å². The molecular formula is C23H22N2O. The van der Waals surface area contributed by atoms with E-state index in [0.29, 0.717) is 0 Å². The predicted octanol–water partition coefficient (Wildman–Crippen LogP) is 5.83. The van der Waals surface area contributed by atoms with Crippen molar-refractivity contribution >= 4 is 11.0 Å². The van der Waals surface area contributed by atoms with Gasteiger partial charge in [0.05, 0.1) is 7.11 Å². The Morgan fingerprint density at radius 3 is 2.38 bits per heavy atom. The van der Waals surface area contributed by atoms with Crippen LogP contribution in [-0.2, 0) is 0 Å². The number of aromatic amines is 1. The molecule has 0 saturated carbocycles. The number of methoxy groups -OCH3 is 1. The van der Waals surface area contributed by atoms with E-state index in [4.69, 9.17) is 4.74 Å². The predicted molar refractivity (Wildman–Crippen MR) is 108 cm³/mol. The molecule has 0 aliphatic carbocycles. The molecule has 3 nitrogen and oxygen atoms in total. The molecule has 1 N–H and O–H groups in total. The molecule has 0 bridgehead atoms. The Hall–Kier alpha value is -3.07. The monoisotopic (exact) mass is 342 g/mol. The number of nitrogens with one attached hydrogen (secondary N) is 1. The minimum Gasteiger partial charge on any atom is -0.496 e.